The third kappa shape index (κ3) is 5.27. The van der Waals surface area contributed by atoms with Gasteiger partial charge in [0.1, 0.15) is 0 Å². The number of aliphatic hydroxyl groups is 1. The molecule has 1 aliphatic heterocycles. The molecular weight excluding hydrogens is 306 g/mol. The van der Waals surface area contributed by atoms with Crippen LogP contribution in [0.2, 0.25) is 0 Å². The Bertz CT molecular complexity index is 570. The molecule has 0 aliphatic carbocycles. The summed E-state index contributed by atoms with van der Waals surface area (Å²) in [4.78, 5) is 12.0. The zero-order valence-electron chi connectivity index (χ0n) is 14.2. The molecule has 5 heteroatoms. The Balaban J connectivity index is 1.78. The summed E-state index contributed by atoms with van der Waals surface area (Å²) < 4.78 is 5.32. The van der Waals surface area contributed by atoms with Gasteiger partial charge >= 0.3 is 0 Å². The molecule has 24 heavy (non-hydrogen) atoms. The van der Waals surface area contributed by atoms with Gasteiger partial charge in [0.25, 0.3) is 0 Å². The monoisotopic (exact) mass is 333 g/mol. The molecule has 5 nitrogen and oxygen atoms in total. The van der Waals surface area contributed by atoms with E-state index in [1.807, 2.05) is 12.1 Å². The topological polar surface area (TPSA) is 78.8 Å². The first-order chi connectivity index (χ1) is 11.6. The van der Waals surface area contributed by atoms with Crippen LogP contribution in [-0.2, 0) is 11.2 Å². The van der Waals surface area contributed by atoms with E-state index in [1.54, 1.807) is 6.07 Å². The fourth-order valence-electron chi connectivity index (χ4n) is 2.82. The van der Waals surface area contributed by atoms with Crippen LogP contribution in [0.1, 0.15) is 51.0 Å². The largest absolute Gasteiger partial charge is 0.504 e. The molecule has 2 atom stereocenters. The molecule has 2 rings (SSSR count). The quantitative estimate of drug-likeness (QED) is 0.505. The number of ether oxygens (including phenoxy) is 1. The Morgan fingerprint density at radius 1 is 1.33 bits per heavy atom. The van der Waals surface area contributed by atoms with Gasteiger partial charge in [-0.25, -0.2) is 0 Å². The van der Waals surface area contributed by atoms with Crippen LogP contribution in [0.15, 0.2) is 30.4 Å². The van der Waals surface area contributed by atoms with Crippen molar-refractivity contribution in [3.8, 4) is 11.5 Å². The van der Waals surface area contributed by atoms with Gasteiger partial charge in [-0.3, -0.25) is 4.79 Å². The third-order valence-electron chi connectivity index (χ3n) is 4.17. The van der Waals surface area contributed by atoms with Gasteiger partial charge in [0.2, 0.25) is 12.2 Å². The van der Waals surface area contributed by atoms with E-state index >= 15 is 0 Å². The van der Waals surface area contributed by atoms with E-state index in [4.69, 9.17) is 4.74 Å². The number of hydrogen-bond donors (Lipinski definition) is 3. The number of allylic oxidation sites excluding steroid dienone is 1. The van der Waals surface area contributed by atoms with Gasteiger partial charge in [0.15, 0.2) is 11.5 Å². The lowest BCUT2D eigenvalue weighted by Gasteiger charge is -2.30. The first-order valence-electron chi connectivity index (χ1n) is 8.74. The molecule has 2 unspecified atom stereocenters. The van der Waals surface area contributed by atoms with Gasteiger partial charge in [0.05, 0.1) is 6.04 Å². The average molecular weight is 333 g/mol. The summed E-state index contributed by atoms with van der Waals surface area (Å²) in [7, 11) is 0. The van der Waals surface area contributed by atoms with Crippen molar-refractivity contribution in [3.05, 3.63) is 35.9 Å². The number of aliphatic hydroxyl groups excluding tert-OH is 1. The minimum atomic E-state index is -1.17. The second-order valence-electron chi connectivity index (χ2n) is 6.20. The van der Waals surface area contributed by atoms with Crippen molar-refractivity contribution in [3.63, 3.8) is 0 Å². The molecule has 1 heterocycles. The number of hydrogen-bond acceptors (Lipinski definition) is 4. The number of benzene rings is 1. The van der Waals surface area contributed by atoms with E-state index in [0.29, 0.717) is 6.42 Å². The maximum atomic E-state index is 12.0. The van der Waals surface area contributed by atoms with Crippen molar-refractivity contribution in [1.82, 2.24) is 5.32 Å². The van der Waals surface area contributed by atoms with Gasteiger partial charge in [0, 0.05) is 12.0 Å². The van der Waals surface area contributed by atoms with E-state index < -0.39 is 12.3 Å². The lowest BCUT2D eigenvalue weighted by Crippen LogP contribution is -2.49. The van der Waals surface area contributed by atoms with Crippen molar-refractivity contribution in [2.45, 2.75) is 64.2 Å². The molecule has 3 N–H and O–H groups in total. The maximum Gasteiger partial charge on any atom is 0.244 e. The summed E-state index contributed by atoms with van der Waals surface area (Å²) in [5, 5.41) is 22.5. The first-order valence-corrected chi connectivity index (χ1v) is 8.74. The van der Waals surface area contributed by atoms with E-state index in [0.717, 1.165) is 18.4 Å². The number of carbonyl (C=O) groups excluding carboxylic acids is 1. The lowest BCUT2D eigenvalue weighted by atomic mass is 10.0. The highest BCUT2D eigenvalue weighted by Gasteiger charge is 2.30. The van der Waals surface area contributed by atoms with Crippen molar-refractivity contribution in [2.75, 3.05) is 0 Å². The Morgan fingerprint density at radius 3 is 2.92 bits per heavy atom. The molecule has 0 bridgehead atoms. The fraction of sp³-hybridized carbons (Fsp3) is 0.526. The van der Waals surface area contributed by atoms with Gasteiger partial charge in [-0.15, -0.1) is 0 Å². The summed E-state index contributed by atoms with van der Waals surface area (Å²) in [6, 6.07) is 4.51. The highest BCUT2D eigenvalue weighted by atomic mass is 16.6. The zero-order valence-corrected chi connectivity index (χ0v) is 14.2. The van der Waals surface area contributed by atoms with Crippen molar-refractivity contribution >= 4 is 5.91 Å². The van der Waals surface area contributed by atoms with Crippen LogP contribution in [0.25, 0.3) is 0 Å². The Kier molecular flexibility index (Phi) is 7.12. The molecule has 1 aromatic rings. The first kappa shape index (κ1) is 18.3. The van der Waals surface area contributed by atoms with Crippen molar-refractivity contribution in [2.24, 2.45) is 0 Å². The van der Waals surface area contributed by atoms with Crippen LogP contribution in [0.5, 0.6) is 11.5 Å². The normalized spacial score (nSPS) is 19.8. The highest BCUT2D eigenvalue weighted by Crippen LogP contribution is 2.35. The van der Waals surface area contributed by atoms with Crippen LogP contribution in [0.4, 0.5) is 0 Å². The lowest BCUT2D eigenvalue weighted by molar-refractivity contribution is -0.121. The van der Waals surface area contributed by atoms with E-state index in [1.165, 1.54) is 37.8 Å². The number of para-hydroxylation sites is 1. The van der Waals surface area contributed by atoms with Crippen molar-refractivity contribution < 1.29 is 19.7 Å². The molecule has 0 saturated heterocycles. The number of phenols is 1. The molecule has 0 aromatic heterocycles. The van der Waals surface area contributed by atoms with Crippen LogP contribution in [0, 0.1) is 0 Å². The van der Waals surface area contributed by atoms with Gasteiger partial charge < -0.3 is 20.3 Å². The molecule has 0 spiro atoms. The molecule has 132 valence electrons. The number of amides is 1. The van der Waals surface area contributed by atoms with Gasteiger partial charge in [-0.2, -0.15) is 0 Å². The second kappa shape index (κ2) is 9.33. The third-order valence-corrected chi connectivity index (χ3v) is 4.17. The number of aromatic hydroxyl groups is 1. The number of nitrogens with one attached hydrogen (secondary N) is 1. The predicted octanol–water partition coefficient (Wildman–Crippen LogP) is 3.05. The number of phenolic OH excluding ortho intramolecular Hbond substituents is 1. The molecule has 1 aliphatic rings. The minimum Gasteiger partial charge on any atom is -0.504 e. The Morgan fingerprint density at radius 2 is 2.12 bits per heavy atom. The zero-order chi connectivity index (χ0) is 17.4. The van der Waals surface area contributed by atoms with E-state index in [2.05, 4.69) is 12.2 Å². The van der Waals surface area contributed by atoms with Crippen molar-refractivity contribution in [1.29, 1.82) is 0 Å². The van der Waals surface area contributed by atoms with Gasteiger partial charge in [-0.1, -0.05) is 50.8 Å². The molecule has 1 amide bonds. The molecule has 0 radical (unpaired) electrons. The molecule has 0 fully saturated rings. The van der Waals surface area contributed by atoms with Crippen LogP contribution >= 0.6 is 0 Å². The SMILES string of the molecule is CCCCCCCC=CC(=O)NC1Cc2cccc(O)c2OC1O. The number of fused-ring (bicyclic) bond motifs is 1. The summed E-state index contributed by atoms with van der Waals surface area (Å²) in [6.07, 6.45) is 9.54. The predicted molar refractivity (Wildman–Crippen MR) is 92.9 cm³/mol. The molecular formula is C19H27NO4. The summed E-state index contributed by atoms with van der Waals surface area (Å²) in [5.41, 5.74) is 0.769. The number of unbranched alkanes of at least 4 members (excludes halogenated alkanes) is 5. The van der Waals surface area contributed by atoms with E-state index in [-0.39, 0.29) is 17.4 Å². The standard InChI is InChI=1S/C19H27NO4/c1-2-3-4-5-6-7-8-12-17(22)20-15-13-14-10-9-11-16(21)18(14)24-19(15)23/h8-12,15,19,21,23H,2-7,13H2,1H3,(H,20,22). The van der Waals surface area contributed by atoms with Crippen LogP contribution in [0.3, 0.4) is 0 Å². The smallest absolute Gasteiger partial charge is 0.244 e. The summed E-state index contributed by atoms with van der Waals surface area (Å²) in [6.45, 7) is 2.19. The highest BCUT2D eigenvalue weighted by molar-refractivity contribution is 5.87. The molecule has 0 saturated carbocycles. The maximum absolute atomic E-state index is 12.0. The minimum absolute atomic E-state index is 0.000652. The molecule has 1 aromatic carbocycles. The number of rotatable bonds is 8. The van der Waals surface area contributed by atoms with Crippen LogP contribution in [-0.4, -0.2) is 28.5 Å². The Labute approximate surface area is 143 Å². The average Bonchev–Trinajstić information content (AvgIpc) is 2.56. The van der Waals surface area contributed by atoms with E-state index in [9.17, 15) is 15.0 Å². The fourth-order valence-corrected chi connectivity index (χ4v) is 2.82. The Hall–Kier alpha value is -2.01. The summed E-state index contributed by atoms with van der Waals surface area (Å²) >= 11 is 0. The van der Waals surface area contributed by atoms with Gasteiger partial charge in [-0.05, 0) is 25.0 Å². The number of carbonyl (C=O) groups is 1. The second-order valence-corrected chi connectivity index (χ2v) is 6.20. The summed E-state index contributed by atoms with van der Waals surface area (Å²) in [5.74, 6) is 0.0530. The van der Waals surface area contributed by atoms with Crippen LogP contribution < -0.4 is 10.1 Å².